The second-order valence-corrected chi connectivity index (χ2v) is 11.0. The fraction of sp³-hybridized carbons (Fsp3) is 0.0526. The third kappa shape index (κ3) is 5.30. The van der Waals surface area contributed by atoms with Gasteiger partial charge in [0, 0.05) is 55.9 Å². The van der Waals surface area contributed by atoms with Gasteiger partial charge in [-0.05, 0) is 59.9 Å². The van der Waals surface area contributed by atoms with E-state index in [0.29, 0.717) is 0 Å². The predicted octanol–water partition coefficient (Wildman–Crippen LogP) is 8.93. The van der Waals surface area contributed by atoms with Gasteiger partial charge in [0.25, 0.3) is 0 Å². The summed E-state index contributed by atoms with van der Waals surface area (Å²) < 4.78 is 20.2. The van der Waals surface area contributed by atoms with Crippen LogP contribution in [0, 0.1) is 17.9 Å². The molecule has 0 amide bonds. The molecule has 3 aromatic heterocycles. The zero-order chi connectivity index (χ0) is 31.2. The number of aromatic nitrogens is 5. The number of nitrogens with zero attached hydrogens (tertiary/aromatic N) is 7. The SMILES string of the molecule is Cn1ccnc1N(c1[c-]c2c3[c-]c(N(c4ccccc4)c4nccn4C)ccc3n(-c3ccc(F)cc3)c2cc1)c1ccccc1.[Pt+2]. The van der Waals surface area contributed by atoms with Crippen molar-refractivity contribution in [2.45, 2.75) is 0 Å². The number of rotatable bonds is 7. The third-order valence-electron chi connectivity index (χ3n) is 8.14. The minimum Gasteiger partial charge on any atom is -0.409 e. The maximum absolute atomic E-state index is 14.0. The van der Waals surface area contributed by atoms with Crippen LogP contribution in [0.25, 0.3) is 27.5 Å². The van der Waals surface area contributed by atoms with Crippen molar-refractivity contribution in [3.8, 4) is 5.69 Å². The van der Waals surface area contributed by atoms with Crippen LogP contribution in [0.1, 0.15) is 0 Å². The molecule has 0 aliphatic heterocycles. The van der Waals surface area contributed by atoms with Gasteiger partial charge < -0.3 is 13.7 Å². The van der Waals surface area contributed by atoms with Crippen LogP contribution in [-0.4, -0.2) is 23.7 Å². The Kier molecular flexibility index (Phi) is 7.96. The molecule has 7 nitrogen and oxygen atoms in total. The van der Waals surface area contributed by atoms with E-state index < -0.39 is 0 Å². The largest absolute Gasteiger partial charge is 2.00 e. The molecular weight excluding hydrogens is 769 g/mol. The van der Waals surface area contributed by atoms with Gasteiger partial charge >= 0.3 is 21.1 Å². The Labute approximate surface area is 286 Å². The van der Waals surface area contributed by atoms with Gasteiger partial charge in [0.15, 0.2) is 0 Å². The van der Waals surface area contributed by atoms with Gasteiger partial charge in [-0.15, -0.1) is 24.3 Å². The van der Waals surface area contributed by atoms with Crippen LogP contribution in [0.4, 0.5) is 39.0 Å². The Morgan fingerprint density at radius 2 is 1.02 bits per heavy atom. The molecule has 5 aromatic carbocycles. The van der Waals surface area contributed by atoms with Crippen molar-refractivity contribution in [3.63, 3.8) is 0 Å². The first-order chi connectivity index (χ1) is 22.6. The number of hydrogen-bond donors (Lipinski definition) is 0. The molecule has 0 N–H and O–H groups in total. The molecule has 0 fully saturated rings. The summed E-state index contributed by atoms with van der Waals surface area (Å²) in [5, 5.41) is 1.75. The Bertz CT molecular complexity index is 2170. The maximum Gasteiger partial charge on any atom is 2.00 e. The number of fused-ring (bicyclic) bond motifs is 3. The normalized spacial score (nSPS) is 11.1. The van der Waals surface area contributed by atoms with Crippen LogP contribution in [0.15, 0.2) is 134 Å². The fourth-order valence-corrected chi connectivity index (χ4v) is 5.99. The van der Waals surface area contributed by atoms with E-state index in [4.69, 9.17) is 0 Å². The molecule has 9 heteroatoms. The molecule has 47 heavy (non-hydrogen) atoms. The quantitative estimate of drug-likeness (QED) is 0.151. The van der Waals surface area contributed by atoms with E-state index in [9.17, 15) is 4.39 Å². The minimum atomic E-state index is -0.283. The monoisotopic (exact) mass is 796 g/mol. The third-order valence-corrected chi connectivity index (χ3v) is 8.14. The smallest absolute Gasteiger partial charge is 0.409 e. The first-order valence-electron chi connectivity index (χ1n) is 14.9. The molecule has 0 bridgehead atoms. The summed E-state index contributed by atoms with van der Waals surface area (Å²) in [7, 11) is 3.96. The topological polar surface area (TPSA) is 47.1 Å². The van der Waals surface area contributed by atoms with Crippen molar-refractivity contribution in [1.29, 1.82) is 0 Å². The number of para-hydroxylation sites is 2. The Morgan fingerprint density at radius 1 is 0.574 bits per heavy atom. The number of imidazole rings is 2. The summed E-state index contributed by atoms with van der Waals surface area (Å²) in [6.45, 7) is 0. The Hall–Kier alpha value is -5.46. The fourth-order valence-electron chi connectivity index (χ4n) is 5.99. The molecule has 0 saturated heterocycles. The van der Waals surface area contributed by atoms with E-state index >= 15 is 0 Å². The molecule has 0 aliphatic carbocycles. The maximum atomic E-state index is 14.0. The molecule has 0 unspecified atom stereocenters. The summed E-state index contributed by atoms with van der Waals surface area (Å²) in [6.07, 6.45) is 7.44. The van der Waals surface area contributed by atoms with E-state index in [2.05, 4.69) is 72.9 Å². The van der Waals surface area contributed by atoms with Crippen LogP contribution in [0.2, 0.25) is 0 Å². The first kappa shape index (κ1) is 30.2. The molecular formula is C38H28FN7Pt. The van der Waals surface area contributed by atoms with E-state index in [1.807, 2.05) is 84.2 Å². The molecule has 0 saturated carbocycles. The van der Waals surface area contributed by atoms with Gasteiger partial charge in [-0.3, -0.25) is 9.80 Å². The van der Waals surface area contributed by atoms with Crippen molar-refractivity contribution < 1.29 is 25.5 Å². The number of benzene rings is 5. The molecule has 8 aromatic rings. The molecule has 0 atom stereocenters. The average Bonchev–Trinajstić information content (AvgIpc) is 3.80. The van der Waals surface area contributed by atoms with Gasteiger partial charge in [0.1, 0.15) is 5.82 Å². The van der Waals surface area contributed by atoms with Crippen molar-refractivity contribution in [2.24, 2.45) is 14.1 Å². The summed E-state index contributed by atoms with van der Waals surface area (Å²) in [5.41, 5.74) is 6.28. The van der Waals surface area contributed by atoms with Crippen molar-refractivity contribution >= 4 is 56.5 Å². The standard InChI is InChI=1S/C38H28FN7.Pt/c1-42-23-21-40-37(42)44(28-9-5-3-6-10-28)31-17-19-35-33(25-31)34-26-32(18-20-36(34)46(35)30-15-13-27(39)14-16-30)45(29-11-7-4-8-12-29)38-41-22-24-43(38)2;/h3-24H,1-2H3;/q-2;+2. The number of aryl methyl sites for hydroxylation is 2. The Morgan fingerprint density at radius 3 is 1.43 bits per heavy atom. The zero-order valence-electron chi connectivity index (χ0n) is 25.5. The summed E-state index contributed by atoms with van der Waals surface area (Å²) in [5.74, 6) is 1.24. The van der Waals surface area contributed by atoms with Crippen LogP contribution in [0.5, 0.6) is 0 Å². The summed E-state index contributed by atoms with van der Waals surface area (Å²) in [6, 6.07) is 42.6. The molecule has 0 aliphatic rings. The second-order valence-electron chi connectivity index (χ2n) is 11.0. The predicted molar refractivity (Wildman–Crippen MR) is 181 cm³/mol. The van der Waals surface area contributed by atoms with Crippen LogP contribution < -0.4 is 9.80 Å². The number of anilines is 6. The first-order valence-corrected chi connectivity index (χ1v) is 14.9. The molecule has 0 radical (unpaired) electrons. The molecule has 3 heterocycles. The average molecular weight is 797 g/mol. The second kappa shape index (κ2) is 12.4. The minimum absolute atomic E-state index is 0. The van der Waals surface area contributed by atoms with Crippen molar-refractivity contribution in [3.05, 3.63) is 152 Å². The van der Waals surface area contributed by atoms with Gasteiger partial charge in [0.05, 0.1) is 0 Å². The van der Waals surface area contributed by atoms with Crippen LogP contribution >= 0.6 is 0 Å². The van der Waals surface area contributed by atoms with E-state index in [0.717, 1.165) is 62.1 Å². The van der Waals surface area contributed by atoms with E-state index in [1.54, 1.807) is 24.5 Å². The van der Waals surface area contributed by atoms with Crippen LogP contribution in [-0.2, 0) is 35.2 Å². The van der Waals surface area contributed by atoms with Crippen LogP contribution in [0.3, 0.4) is 0 Å². The molecule has 0 spiro atoms. The summed E-state index contributed by atoms with van der Waals surface area (Å²) >= 11 is 0. The molecule has 8 rings (SSSR count). The number of hydrogen-bond acceptors (Lipinski definition) is 4. The van der Waals surface area contributed by atoms with Gasteiger partial charge in [0.2, 0.25) is 11.9 Å². The van der Waals surface area contributed by atoms with Gasteiger partial charge in [-0.25, -0.2) is 14.4 Å². The van der Waals surface area contributed by atoms with Gasteiger partial charge in [-0.2, -0.15) is 22.9 Å². The van der Waals surface area contributed by atoms with E-state index in [-0.39, 0.29) is 26.9 Å². The Balaban J connectivity index is 0.00000351. The van der Waals surface area contributed by atoms with Gasteiger partial charge in [-0.1, -0.05) is 47.4 Å². The zero-order valence-corrected chi connectivity index (χ0v) is 27.8. The molecule has 232 valence electrons. The van der Waals surface area contributed by atoms with Crippen molar-refractivity contribution in [2.75, 3.05) is 9.80 Å². The van der Waals surface area contributed by atoms with Crippen molar-refractivity contribution in [1.82, 2.24) is 23.7 Å². The van der Waals surface area contributed by atoms with E-state index in [1.165, 1.54) is 12.1 Å². The number of halogens is 1. The summed E-state index contributed by atoms with van der Waals surface area (Å²) in [4.78, 5) is 13.6.